The number of anilines is 1. The Bertz CT molecular complexity index is 2180. The maximum absolute atomic E-state index is 14.4. The number of aryl methyl sites for hydroxylation is 1. The first-order valence-electron chi connectivity index (χ1n) is 16.2. The Balaban J connectivity index is 1.26. The normalized spacial score (nSPS) is 20.1. The number of ether oxygens (including phenoxy) is 1. The van der Waals surface area contributed by atoms with E-state index in [0.717, 1.165) is 28.3 Å². The van der Waals surface area contributed by atoms with Crippen molar-refractivity contribution in [1.29, 1.82) is 0 Å². The van der Waals surface area contributed by atoms with Crippen LogP contribution in [0.5, 0.6) is 5.75 Å². The van der Waals surface area contributed by atoms with Gasteiger partial charge < -0.3 is 29.7 Å². The molecule has 3 aromatic heterocycles. The van der Waals surface area contributed by atoms with E-state index in [4.69, 9.17) is 16.3 Å². The second-order valence-corrected chi connectivity index (χ2v) is 13.3. The average Bonchev–Trinajstić information content (AvgIpc) is 3.65. The van der Waals surface area contributed by atoms with E-state index in [0.29, 0.717) is 25.0 Å². The van der Waals surface area contributed by atoms with Crippen molar-refractivity contribution in [3.63, 3.8) is 0 Å². The molecule has 4 aromatic rings. The highest BCUT2D eigenvalue weighted by molar-refractivity contribution is 6.33. The number of nitrogens with zero attached hydrogens (tertiary/aromatic N) is 7. The van der Waals surface area contributed by atoms with Gasteiger partial charge in [-0.2, -0.15) is 22.7 Å². The number of carbonyl (C=O) groups excluding carboxylic acids is 2. The Labute approximate surface area is 292 Å². The maximum atomic E-state index is 14.4. The lowest BCUT2D eigenvalue weighted by Crippen LogP contribution is -2.47. The number of rotatable bonds is 5. The summed E-state index contributed by atoms with van der Waals surface area (Å²) in [6, 6.07) is 2.59. The van der Waals surface area contributed by atoms with Gasteiger partial charge in [0, 0.05) is 13.1 Å². The van der Waals surface area contributed by atoms with Gasteiger partial charge in [0.2, 0.25) is 11.7 Å². The van der Waals surface area contributed by atoms with Crippen molar-refractivity contribution in [2.24, 2.45) is 0 Å². The molecule has 1 fully saturated rings. The van der Waals surface area contributed by atoms with E-state index in [9.17, 15) is 37.8 Å². The van der Waals surface area contributed by atoms with Gasteiger partial charge in [-0.15, -0.1) is 5.10 Å². The standard InChI is InChI=1S/C33H32ClF3N8O6/c1-16-27(48)25(39-15-38-16)30(50)43-11-9-32(10-12-43)24-26(17(2)51-32)44(14-23(47)40-22-8-5-19(13-21(22)34)33(35,36)37)31-41-28(42-45(31)29(24)49)18-3-6-20(46)7-4-18/h3,5,8,13,15,17,20,46,48H,4,6-7,9-12,14H2,1-2H3,(H,40,47)/t17-,20?/m1/s1. The second-order valence-electron chi connectivity index (χ2n) is 12.9. The number of piperidine rings is 1. The fourth-order valence-corrected chi connectivity index (χ4v) is 7.26. The second kappa shape index (κ2) is 12.7. The van der Waals surface area contributed by atoms with E-state index in [-0.39, 0.29) is 70.9 Å². The zero-order valence-corrected chi connectivity index (χ0v) is 28.1. The van der Waals surface area contributed by atoms with E-state index in [2.05, 4.69) is 25.4 Å². The minimum atomic E-state index is -4.63. The predicted molar refractivity (Wildman–Crippen MR) is 175 cm³/mol. The molecule has 268 valence electrons. The summed E-state index contributed by atoms with van der Waals surface area (Å²) < 4.78 is 48.8. The summed E-state index contributed by atoms with van der Waals surface area (Å²) in [4.78, 5) is 55.3. The van der Waals surface area contributed by atoms with E-state index in [1.54, 1.807) is 13.8 Å². The summed E-state index contributed by atoms with van der Waals surface area (Å²) in [6.45, 7) is 3.15. The lowest BCUT2D eigenvalue weighted by Gasteiger charge is -2.39. The third kappa shape index (κ3) is 6.12. The summed E-state index contributed by atoms with van der Waals surface area (Å²) >= 11 is 6.12. The van der Waals surface area contributed by atoms with Crippen LogP contribution < -0.4 is 10.9 Å². The number of halogens is 4. The molecule has 7 rings (SSSR count). The first kappa shape index (κ1) is 34.6. The third-order valence-corrected chi connectivity index (χ3v) is 9.95. The van der Waals surface area contributed by atoms with Crippen molar-refractivity contribution < 1.29 is 37.7 Å². The molecule has 5 heterocycles. The number of carbonyl (C=O) groups is 2. The Kier molecular flexibility index (Phi) is 8.62. The van der Waals surface area contributed by atoms with Crippen LogP contribution in [-0.2, 0) is 27.9 Å². The number of aromatic hydroxyl groups is 1. The highest BCUT2D eigenvalue weighted by Crippen LogP contribution is 2.48. The lowest BCUT2D eigenvalue weighted by atomic mass is 9.85. The number of aliphatic hydroxyl groups is 1. The van der Waals surface area contributed by atoms with Gasteiger partial charge in [-0.25, -0.2) is 9.97 Å². The average molecular weight is 729 g/mol. The number of fused-ring (bicyclic) bond motifs is 3. The van der Waals surface area contributed by atoms with Crippen molar-refractivity contribution in [2.45, 2.75) is 76.5 Å². The number of hydrogen-bond donors (Lipinski definition) is 3. The SMILES string of the molecule is Cc1ncnc(C(=O)N2CCC3(CC2)O[C@H](C)c2c3c(=O)n3nc(C4=CCC(O)CC4)nc3n2CC(=O)Nc2ccc(C(F)(F)F)cc2Cl)c1O. The number of aromatic nitrogens is 6. The number of nitrogens with one attached hydrogen (secondary N) is 1. The molecule has 3 aliphatic rings. The molecule has 1 saturated heterocycles. The third-order valence-electron chi connectivity index (χ3n) is 9.64. The van der Waals surface area contributed by atoms with Crippen molar-refractivity contribution in [3.8, 4) is 5.75 Å². The molecular weight excluding hydrogens is 697 g/mol. The maximum Gasteiger partial charge on any atom is 0.416 e. The van der Waals surface area contributed by atoms with Gasteiger partial charge in [0.15, 0.2) is 17.3 Å². The number of alkyl halides is 3. The summed E-state index contributed by atoms with van der Waals surface area (Å²) in [5, 5.41) is 27.2. The van der Waals surface area contributed by atoms with Crippen molar-refractivity contribution >= 4 is 40.5 Å². The summed E-state index contributed by atoms with van der Waals surface area (Å²) in [5.41, 5.74) is -1.23. The van der Waals surface area contributed by atoms with E-state index in [1.807, 2.05) is 6.08 Å². The summed E-state index contributed by atoms with van der Waals surface area (Å²) in [5.74, 6) is -1.18. The van der Waals surface area contributed by atoms with Crippen LogP contribution in [-0.4, -0.2) is 75.3 Å². The van der Waals surface area contributed by atoms with Gasteiger partial charge in [0.1, 0.15) is 18.5 Å². The van der Waals surface area contributed by atoms with Crippen molar-refractivity contribution in [3.05, 3.63) is 80.0 Å². The van der Waals surface area contributed by atoms with Gasteiger partial charge in [0.05, 0.1) is 45.4 Å². The van der Waals surface area contributed by atoms with Crippen LogP contribution in [0.4, 0.5) is 18.9 Å². The molecular formula is C33H32ClF3N8O6. The van der Waals surface area contributed by atoms with Gasteiger partial charge >= 0.3 is 6.18 Å². The molecule has 1 aliphatic carbocycles. The van der Waals surface area contributed by atoms with E-state index >= 15 is 0 Å². The zero-order chi connectivity index (χ0) is 36.4. The molecule has 3 N–H and O–H groups in total. The molecule has 14 nitrogen and oxygen atoms in total. The number of likely N-dealkylation sites (tertiary alicyclic amines) is 1. The Morgan fingerprint density at radius 2 is 1.94 bits per heavy atom. The topological polar surface area (TPSA) is 177 Å². The number of hydrogen-bond acceptors (Lipinski definition) is 10. The van der Waals surface area contributed by atoms with Crippen molar-refractivity contribution in [1.82, 2.24) is 34.0 Å². The molecule has 18 heteroatoms. The van der Waals surface area contributed by atoms with Gasteiger partial charge in [-0.3, -0.25) is 14.4 Å². The first-order chi connectivity index (χ1) is 24.2. The Morgan fingerprint density at radius 3 is 2.61 bits per heavy atom. The zero-order valence-electron chi connectivity index (χ0n) is 27.4. The number of aliphatic hydroxyl groups excluding tert-OH is 1. The van der Waals surface area contributed by atoms with Crippen LogP contribution in [0.25, 0.3) is 11.4 Å². The number of benzene rings is 1. The Hall–Kier alpha value is -4.87. The molecule has 2 amide bonds. The van der Waals surface area contributed by atoms with Gasteiger partial charge in [-0.1, -0.05) is 17.7 Å². The monoisotopic (exact) mass is 728 g/mol. The minimum absolute atomic E-state index is 0.0424. The van der Waals surface area contributed by atoms with Crippen LogP contribution in [0.2, 0.25) is 5.02 Å². The highest BCUT2D eigenvalue weighted by Gasteiger charge is 2.50. The largest absolute Gasteiger partial charge is 0.504 e. The molecule has 51 heavy (non-hydrogen) atoms. The molecule has 1 spiro atoms. The van der Waals surface area contributed by atoms with E-state index < -0.39 is 53.5 Å². The van der Waals surface area contributed by atoms with E-state index in [1.165, 1.54) is 15.8 Å². The molecule has 1 aromatic carbocycles. The molecule has 0 bridgehead atoms. The molecule has 0 saturated carbocycles. The van der Waals surface area contributed by atoms with Crippen LogP contribution in [0.15, 0.2) is 35.4 Å². The molecule has 0 radical (unpaired) electrons. The number of amides is 2. The highest BCUT2D eigenvalue weighted by atomic mass is 35.5. The van der Waals surface area contributed by atoms with Crippen LogP contribution >= 0.6 is 11.6 Å². The molecule has 2 aliphatic heterocycles. The minimum Gasteiger partial charge on any atom is -0.504 e. The van der Waals surface area contributed by atoms with Gasteiger partial charge in [-0.05, 0) is 69.7 Å². The van der Waals surface area contributed by atoms with Crippen molar-refractivity contribution in [2.75, 3.05) is 18.4 Å². The smallest absolute Gasteiger partial charge is 0.416 e. The van der Waals surface area contributed by atoms with Crippen LogP contribution in [0.3, 0.4) is 0 Å². The fraction of sp³-hybridized carbons (Fsp3) is 0.424. The predicted octanol–water partition coefficient (Wildman–Crippen LogP) is 4.16. The van der Waals surface area contributed by atoms with Crippen LogP contribution in [0, 0.1) is 6.92 Å². The van der Waals surface area contributed by atoms with Crippen LogP contribution in [0.1, 0.15) is 84.0 Å². The molecule has 1 unspecified atom stereocenters. The molecule has 2 atom stereocenters. The first-order valence-corrected chi connectivity index (χ1v) is 16.6. The Morgan fingerprint density at radius 1 is 1.20 bits per heavy atom. The number of allylic oxidation sites excluding steroid dienone is 1. The fourth-order valence-electron chi connectivity index (χ4n) is 7.03. The quantitative estimate of drug-likeness (QED) is 0.271. The summed E-state index contributed by atoms with van der Waals surface area (Å²) in [7, 11) is 0. The van der Waals surface area contributed by atoms with Gasteiger partial charge in [0.25, 0.3) is 11.5 Å². The lowest BCUT2D eigenvalue weighted by molar-refractivity contribution is -0.137. The summed E-state index contributed by atoms with van der Waals surface area (Å²) in [6.07, 6.45) is -1.13.